The van der Waals surface area contributed by atoms with Crippen LogP contribution in [-0.4, -0.2) is 41.8 Å². The highest BCUT2D eigenvalue weighted by Gasteiger charge is 2.12. The molecule has 0 aliphatic carbocycles. The second-order valence-corrected chi connectivity index (χ2v) is 4.28. The average molecular weight is 335 g/mol. The number of rotatable bonds is 6. The number of nitrogens with two attached hydrogens (primary N) is 1. The van der Waals surface area contributed by atoms with Crippen molar-refractivity contribution < 1.29 is 9.53 Å². The van der Waals surface area contributed by atoms with Crippen LogP contribution in [0, 0.1) is 0 Å². The van der Waals surface area contributed by atoms with Crippen molar-refractivity contribution in [3.05, 3.63) is 30.6 Å². The van der Waals surface area contributed by atoms with Gasteiger partial charge in [-0.05, 0) is 12.1 Å². The fourth-order valence-corrected chi connectivity index (χ4v) is 1.87. The monoisotopic (exact) mass is 334 g/mol. The van der Waals surface area contributed by atoms with Crippen LogP contribution in [-0.2, 0) is 16.1 Å². The van der Waals surface area contributed by atoms with Gasteiger partial charge in [-0.25, -0.2) is 4.98 Å². The van der Waals surface area contributed by atoms with E-state index in [1.807, 2.05) is 28.8 Å². The van der Waals surface area contributed by atoms with E-state index in [9.17, 15) is 4.79 Å². The Labute approximate surface area is 135 Å². The predicted molar refractivity (Wildman–Crippen MR) is 87.1 cm³/mol. The van der Waals surface area contributed by atoms with Crippen molar-refractivity contribution in [1.29, 1.82) is 0 Å². The lowest BCUT2D eigenvalue weighted by molar-refractivity contribution is -0.123. The Balaban J connectivity index is 0.00000200. The summed E-state index contributed by atoms with van der Waals surface area (Å²) < 4.78 is 6.83. The summed E-state index contributed by atoms with van der Waals surface area (Å²) in [6.45, 7) is 1.39. The van der Waals surface area contributed by atoms with Gasteiger partial charge in [0.2, 0.25) is 5.91 Å². The van der Waals surface area contributed by atoms with Gasteiger partial charge in [-0.15, -0.1) is 24.8 Å². The first-order chi connectivity index (χ1) is 9.22. The van der Waals surface area contributed by atoms with Crippen LogP contribution >= 0.6 is 24.8 Å². The standard InChI is InChI=1S/C13H18N4O2.2ClH/c1-19-8-10(14)13(18)15-6-7-17-9-16-11-4-2-3-5-12(11)17;;/h2-5,9-10H,6-8,14H2,1H3,(H,15,18);2*1H. The molecule has 8 heteroatoms. The molecule has 6 nitrogen and oxygen atoms in total. The Bertz CT molecular complexity index is 562. The SMILES string of the molecule is COCC(N)C(=O)NCCn1cnc2ccccc21.Cl.Cl. The second-order valence-electron chi connectivity index (χ2n) is 4.28. The van der Waals surface area contributed by atoms with Crippen LogP contribution in [0.3, 0.4) is 0 Å². The lowest BCUT2D eigenvalue weighted by Crippen LogP contribution is -2.44. The first-order valence-electron chi connectivity index (χ1n) is 6.14. The maximum atomic E-state index is 11.6. The quantitative estimate of drug-likeness (QED) is 0.824. The molecule has 118 valence electrons. The Morgan fingerprint density at radius 1 is 1.43 bits per heavy atom. The lowest BCUT2D eigenvalue weighted by atomic mass is 10.3. The molecule has 1 atom stereocenters. The molecule has 0 aliphatic rings. The van der Waals surface area contributed by atoms with E-state index in [1.54, 1.807) is 6.33 Å². The van der Waals surface area contributed by atoms with Gasteiger partial charge in [0.25, 0.3) is 0 Å². The van der Waals surface area contributed by atoms with Crippen LogP contribution in [0.5, 0.6) is 0 Å². The molecule has 0 bridgehead atoms. The van der Waals surface area contributed by atoms with E-state index in [1.165, 1.54) is 7.11 Å². The number of ether oxygens (including phenoxy) is 1. The Morgan fingerprint density at radius 2 is 2.14 bits per heavy atom. The summed E-state index contributed by atoms with van der Waals surface area (Å²) in [4.78, 5) is 15.9. The van der Waals surface area contributed by atoms with Crippen molar-refractivity contribution in [2.24, 2.45) is 5.73 Å². The van der Waals surface area contributed by atoms with Gasteiger partial charge in [-0.1, -0.05) is 12.1 Å². The third-order valence-electron chi connectivity index (χ3n) is 2.86. The van der Waals surface area contributed by atoms with Crippen molar-refractivity contribution in [3.8, 4) is 0 Å². The molecule has 0 fully saturated rings. The van der Waals surface area contributed by atoms with Crippen LogP contribution in [0.25, 0.3) is 11.0 Å². The third-order valence-corrected chi connectivity index (χ3v) is 2.86. The topological polar surface area (TPSA) is 82.2 Å². The molecule has 3 N–H and O–H groups in total. The summed E-state index contributed by atoms with van der Waals surface area (Å²) in [7, 11) is 1.52. The van der Waals surface area contributed by atoms with Crippen LogP contribution < -0.4 is 11.1 Å². The van der Waals surface area contributed by atoms with Crippen molar-refractivity contribution >= 4 is 41.8 Å². The fourth-order valence-electron chi connectivity index (χ4n) is 1.87. The summed E-state index contributed by atoms with van der Waals surface area (Å²) in [5.41, 5.74) is 7.62. The molecule has 0 saturated heterocycles. The van der Waals surface area contributed by atoms with Gasteiger partial charge in [0, 0.05) is 20.2 Å². The number of hydrogen-bond donors (Lipinski definition) is 2. The number of para-hydroxylation sites is 2. The van der Waals surface area contributed by atoms with Crippen LogP contribution in [0.4, 0.5) is 0 Å². The molecule has 0 aliphatic heterocycles. The van der Waals surface area contributed by atoms with Crippen molar-refractivity contribution in [2.75, 3.05) is 20.3 Å². The van der Waals surface area contributed by atoms with Crippen LogP contribution in [0.2, 0.25) is 0 Å². The Morgan fingerprint density at radius 3 is 2.86 bits per heavy atom. The average Bonchev–Trinajstić information content (AvgIpc) is 2.82. The number of fused-ring (bicyclic) bond motifs is 1. The Hall–Kier alpha value is -1.34. The molecule has 1 aromatic heterocycles. The molecule has 0 radical (unpaired) electrons. The Kier molecular flexibility index (Phi) is 8.96. The number of imidazole rings is 1. The molecule has 1 aromatic carbocycles. The van der Waals surface area contributed by atoms with Gasteiger partial charge in [0.1, 0.15) is 6.04 Å². The van der Waals surface area contributed by atoms with Crippen molar-refractivity contribution in [1.82, 2.24) is 14.9 Å². The second kappa shape index (κ2) is 9.57. The number of benzene rings is 1. The van der Waals surface area contributed by atoms with Crippen LogP contribution in [0.15, 0.2) is 30.6 Å². The van der Waals surface area contributed by atoms with Gasteiger partial charge in [0.05, 0.1) is 24.0 Å². The number of carbonyl (C=O) groups is 1. The summed E-state index contributed by atoms with van der Waals surface area (Å²) >= 11 is 0. The number of carbonyl (C=O) groups excluding carboxylic acids is 1. The smallest absolute Gasteiger partial charge is 0.239 e. The van der Waals surface area contributed by atoms with Crippen LogP contribution in [0.1, 0.15) is 0 Å². The normalized spacial score (nSPS) is 11.3. The first kappa shape index (κ1) is 19.7. The molecule has 1 amide bonds. The highest BCUT2D eigenvalue weighted by molar-refractivity contribution is 5.85. The van der Waals surface area contributed by atoms with E-state index >= 15 is 0 Å². The zero-order valence-electron chi connectivity index (χ0n) is 11.7. The zero-order valence-corrected chi connectivity index (χ0v) is 13.3. The largest absolute Gasteiger partial charge is 0.383 e. The molecule has 2 rings (SSSR count). The molecule has 1 unspecified atom stereocenters. The maximum Gasteiger partial charge on any atom is 0.239 e. The van der Waals surface area contributed by atoms with E-state index in [2.05, 4.69) is 10.3 Å². The first-order valence-corrected chi connectivity index (χ1v) is 6.14. The highest BCUT2D eigenvalue weighted by Crippen LogP contribution is 2.10. The number of halogens is 2. The van der Waals surface area contributed by atoms with Gasteiger partial charge in [-0.2, -0.15) is 0 Å². The third kappa shape index (κ3) is 5.17. The molecule has 0 spiro atoms. The molecule has 2 aromatic rings. The van der Waals surface area contributed by atoms with Crippen molar-refractivity contribution in [3.63, 3.8) is 0 Å². The van der Waals surface area contributed by atoms with E-state index in [0.29, 0.717) is 13.1 Å². The summed E-state index contributed by atoms with van der Waals surface area (Å²) in [6, 6.07) is 7.25. The molecule has 1 heterocycles. The van der Waals surface area contributed by atoms with Gasteiger partial charge in [0.15, 0.2) is 0 Å². The van der Waals surface area contributed by atoms with E-state index in [-0.39, 0.29) is 37.3 Å². The summed E-state index contributed by atoms with van der Waals surface area (Å²) in [5, 5.41) is 2.78. The predicted octanol–water partition coefficient (Wildman–Crippen LogP) is 0.970. The molecular weight excluding hydrogens is 315 g/mol. The maximum absolute atomic E-state index is 11.6. The van der Waals surface area contributed by atoms with E-state index < -0.39 is 6.04 Å². The number of hydrogen-bond acceptors (Lipinski definition) is 4. The lowest BCUT2D eigenvalue weighted by Gasteiger charge is -2.11. The number of aromatic nitrogens is 2. The molecule has 0 saturated carbocycles. The fraction of sp³-hybridized carbons (Fsp3) is 0.385. The van der Waals surface area contributed by atoms with Crippen molar-refractivity contribution in [2.45, 2.75) is 12.6 Å². The summed E-state index contributed by atoms with van der Waals surface area (Å²) in [5.74, 6) is -0.203. The zero-order chi connectivity index (χ0) is 13.7. The van der Waals surface area contributed by atoms with Gasteiger partial charge in [-0.3, -0.25) is 4.79 Å². The van der Waals surface area contributed by atoms with E-state index in [4.69, 9.17) is 10.5 Å². The highest BCUT2D eigenvalue weighted by atomic mass is 35.5. The van der Waals surface area contributed by atoms with Gasteiger partial charge < -0.3 is 20.4 Å². The van der Waals surface area contributed by atoms with Gasteiger partial charge >= 0.3 is 0 Å². The summed E-state index contributed by atoms with van der Waals surface area (Å²) in [6.07, 6.45) is 1.77. The number of nitrogens with one attached hydrogen (secondary N) is 1. The molecular formula is C13H20Cl2N4O2. The number of methoxy groups -OCH3 is 1. The number of amides is 1. The minimum absolute atomic E-state index is 0. The number of nitrogens with zero attached hydrogens (tertiary/aromatic N) is 2. The minimum atomic E-state index is -0.621. The van der Waals surface area contributed by atoms with E-state index in [0.717, 1.165) is 11.0 Å². The minimum Gasteiger partial charge on any atom is -0.383 e. The molecule has 21 heavy (non-hydrogen) atoms.